The molecule has 1 saturated heterocycles. The standard InChI is InChI=1S/C5H7NO2.CH4S/c1-6-4(7)2-3-5(6)8;1-2/h2-3H2,1H3;2H,1H3. The maximum absolute atomic E-state index is 10.5. The normalized spacial score (nSPS) is 16.9. The van der Waals surface area contributed by atoms with Crippen LogP contribution in [0.25, 0.3) is 0 Å². The number of amides is 2. The molecule has 0 unspecified atom stereocenters. The molecule has 3 nitrogen and oxygen atoms in total. The maximum atomic E-state index is 10.5. The zero-order chi connectivity index (χ0) is 8.15. The molecule has 0 atom stereocenters. The van der Waals surface area contributed by atoms with E-state index in [2.05, 4.69) is 12.6 Å². The first-order valence-corrected chi connectivity index (χ1v) is 3.85. The molecule has 1 heterocycles. The first-order valence-electron chi connectivity index (χ1n) is 2.96. The van der Waals surface area contributed by atoms with Crippen LogP contribution < -0.4 is 0 Å². The van der Waals surface area contributed by atoms with E-state index < -0.39 is 0 Å². The second-order valence-electron chi connectivity index (χ2n) is 1.85. The minimum Gasteiger partial charge on any atom is -0.286 e. The van der Waals surface area contributed by atoms with E-state index >= 15 is 0 Å². The van der Waals surface area contributed by atoms with Gasteiger partial charge in [-0.2, -0.15) is 12.6 Å². The predicted molar refractivity (Wildman–Crippen MR) is 41.9 cm³/mol. The minimum absolute atomic E-state index is 0.0602. The smallest absolute Gasteiger partial charge is 0.229 e. The third kappa shape index (κ3) is 2.02. The quantitative estimate of drug-likeness (QED) is 0.410. The third-order valence-corrected chi connectivity index (χ3v) is 1.30. The van der Waals surface area contributed by atoms with Gasteiger partial charge in [-0.05, 0) is 6.26 Å². The van der Waals surface area contributed by atoms with Crippen molar-refractivity contribution in [2.75, 3.05) is 13.3 Å². The van der Waals surface area contributed by atoms with Crippen LogP contribution in [0.1, 0.15) is 12.8 Å². The van der Waals surface area contributed by atoms with E-state index in [4.69, 9.17) is 0 Å². The van der Waals surface area contributed by atoms with Gasteiger partial charge in [0.1, 0.15) is 0 Å². The van der Waals surface area contributed by atoms with Gasteiger partial charge < -0.3 is 0 Å². The van der Waals surface area contributed by atoms with Gasteiger partial charge in [0.2, 0.25) is 11.8 Å². The van der Waals surface area contributed by atoms with Crippen molar-refractivity contribution in [3.8, 4) is 0 Å². The number of nitrogens with zero attached hydrogens (tertiary/aromatic N) is 1. The number of likely N-dealkylation sites (tertiary alicyclic amines) is 1. The van der Waals surface area contributed by atoms with Gasteiger partial charge in [0.15, 0.2) is 0 Å². The summed E-state index contributed by atoms with van der Waals surface area (Å²) in [6.45, 7) is 0. The molecular formula is C6H11NO2S. The van der Waals surface area contributed by atoms with Crippen LogP contribution >= 0.6 is 12.6 Å². The van der Waals surface area contributed by atoms with E-state index in [1.54, 1.807) is 6.26 Å². The monoisotopic (exact) mass is 161 g/mol. The zero-order valence-electron chi connectivity index (χ0n) is 6.13. The summed E-state index contributed by atoms with van der Waals surface area (Å²) < 4.78 is 0. The molecule has 1 rings (SSSR count). The molecule has 0 aromatic heterocycles. The van der Waals surface area contributed by atoms with E-state index in [-0.39, 0.29) is 11.8 Å². The fourth-order valence-corrected chi connectivity index (χ4v) is 0.688. The average molecular weight is 161 g/mol. The highest BCUT2D eigenvalue weighted by molar-refractivity contribution is 7.79. The molecule has 0 radical (unpaired) electrons. The Hall–Kier alpha value is -0.510. The fraction of sp³-hybridized carbons (Fsp3) is 0.667. The number of hydrogen-bond donors (Lipinski definition) is 1. The molecule has 2 amide bonds. The van der Waals surface area contributed by atoms with Gasteiger partial charge in [-0.3, -0.25) is 14.5 Å². The Balaban J connectivity index is 0.000000371. The van der Waals surface area contributed by atoms with Gasteiger partial charge in [0.25, 0.3) is 0 Å². The molecule has 0 N–H and O–H groups in total. The fourth-order valence-electron chi connectivity index (χ4n) is 0.688. The highest BCUT2D eigenvalue weighted by atomic mass is 32.1. The lowest BCUT2D eigenvalue weighted by molar-refractivity contribution is -0.136. The number of rotatable bonds is 0. The van der Waals surface area contributed by atoms with E-state index in [0.717, 1.165) is 0 Å². The van der Waals surface area contributed by atoms with Gasteiger partial charge >= 0.3 is 0 Å². The molecule has 0 saturated carbocycles. The van der Waals surface area contributed by atoms with Crippen LogP contribution in [0.5, 0.6) is 0 Å². The van der Waals surface area contributed by atoms with E-state index in [9.17, 15) is 9.59 Å². The van der Waals surface area contributed by atoms with Crippen LogP contribution in [0.2, 0.25) is 0 Å². The minimum atomic E-state index is -0.0602. The van der Waals surface area contributed by atoms with E-state index in [0.29, 0.717) is 12.8 Å². The van der Waals surface area contributed by atoms with Gasteiger partial charge in [-0.25, -0.2) is 0 Å². The van der Waals surface area contributed by atoms with Crippen LogP contribution in [0.15, 0.2) is 0 Å². The maximum Gasteiger partial charge on any atom is 0.229 e. The number of carbonyl (C=O) groups excluding carboxylic acids is 2. The summed E-state index contributed by atoms with van der Waals surface area (Å²) >= 11 is 3.53. The van der Waals surface area contributed by atoms with Crippen molar-refractivity contribution in [1.29, 1.82) is 0 Å². The molecule has 1 aliphatic heterocycles. The lowest BCUT2D eigenvalue weighted by Gasteiger charge is -2.01. The third-order valence-electron chi connectivity index (χ3n) is 1.30. The summed E-state index contributed by atoms with van der Waals surface area (Å²) in [5, 5.41) is 0. The molecule has 0 aromatic rings. The number of carbonyl (C=O) groups is 2. The van der Waals surface area contributed by atoms with Crippen molar-refractivity contribution in [3.63, 3.8) is 0 Å². The topological polar surface area (TPSA) is 37.4 Å². The predicted octanol–water partition coefficient (Wildman–Crippen LogP) is 0.311. The van der Waals surface area contributed by atoms with Crippen LogP contribution in [0.3, 0.4) is 0 Å². The van der Waals surface area contributed by atoms with Crippen molar-refractivity contribution >= 4 is 24.4 Å². The molecule has 0 bridgehead atoms. The Morgan fingerprint density at radius 1 is 1.20 bits per heavy atom. The molecule has 1 aliphatic rings. The summed E-state index contributed by atoms with van der Waals surface area (Å²) in [6, 6.07) is 0. The van der Waals surface area contributed by atoms with Crippen LogP contribution in [0.4, 0.5) is 0 Å². The highest BCUT2D eigenvalue weighted by Gasteiger charge is 2.24. The molecule has 1 fully saturated rings. The molecule has 58 valence electrons. The van der Waals surface area contributed by atoms with Crippen molar-refractivity contribution in [3.05, 3.63) is 0 Å². The van der Waals surface area contributed by atoms with Gasteiger partial charge in [-0.1, -0.05) is 0 Å². The van der Waals surface area contributed by atoms with E-state index in [1.807, 2.05) is 0 Å². The molecule has 0 spiro atoms. The Bertz CT molecular complexity index is 131. The van der Waals surface area contributed by atoms with Gasteiger partial charge in [0, 0.05) is 19.9 Å². The lowest BCUT2D eigenvalue weighted by Crippen LogP contribution is -2.23. The summed E-state index contributed by atoms with van der Waals surface area (Å²) in [6.07, 6.45) is 2.49. The number of imide groups is 1. The van der Waals surface area contributed by atoms with Crippen LogP contribution in [0, 0.1) is 0 Å². The Morgan fingerprint density at radius 2 is 1.50 bits per heavy atom. The Labute approximate surface area is 65.8 Å². The largest absolute Gasteiger partial charge is 0.286 e. The van der Waals surface area contributed by atoms with Gasteiger partial charge in [-0.15, -0.1) is 0 Å². The summed E-state index contributed by atoms with van der Waals surface area (Å²) in [5.74, 6) is -0.120. The Kier molecular flexibility index (Phi) is 4.11. The highest BCUT2D eigenvalue weighted by Crippen LogP contribution is 2.07. The second-order valence-corrected chi connectivity index (χ2v) is 1.85. The van der Waals surface area contributed by atoms with Crippen molar-refractivity contribution < 1.29 is 9.59 Å². The molecule has 0 aromatic carbocycles. The first kappa shape index (κ1) is 9.49. The van der Waals surface area contributed by atoms with E-state index in [1.165, 1.54) is 11.9 Å². The number of hydrogen-bond acceptors (Lipinski definition) is 3. The molecule has 0 aliphatic carbocycles. The first-order chi connectivity index (χ1) is 4.72. The molecule has 10 heavy (non-hydrogen) atoms. The lowest BCUT2D eigenvalue weighted by atomic mass is 10.4. The Morgan fingerprint density at radius 3 is 1.60 bits per heavy atom. The molecular weight excluding hydrogens is 150 g/mol. The number of thiol groups is 1. The van der Waals surface area contributed by atoms with Crippen LogP contribution in [-0.2, 0) is 9.59 Å². The zero-order valence-corrected chi connectivity index (χ0v) is 7.02. The summed E-state index contributed by atoms with van der Waals surface area (Å²) in [7, 11) is 1.51. The van der Waals surface area contributed by atoms with Gasteiger partial charge in [0.05, 0.1) is 0 Å². The SMILES string of the molecule is CN1C(=O)CCC1=O.CS. The van der Waals surface area contributed by atoms with Crippen molar-refractivity contribution in [2.45, 2.75) is 12.8 Å². The molecule has 4 heteroatoms. The van der Waals surface area contributed by atoms with Crippen molar-refractivity contribution in [2.24, 2.45) is 0 Å². The van der Waals surface area contributed by atoms with Crippen LogP contribution in [-0.4, -0.2) is 30.0 Å². The summed E-state index contributed by atoms with van der Waals surface area (Å²) in [4.78, 5) is 22.1. The average Bonchev–Trinajstić information content (AvgIpc) is 2.25. The summed E-state index contributed by atoms with van der Waals surface area (Å²) in [5.41, 5.74) is 0. The van der Waals surface area contributed by atoms with Crippen molar-refractivity contribution in [1.82, 2.24) is 4.90 Å². The second kappa shape index (κ2) is 4.33.